The molecule has 1 unspecified atom stereocenters. The molecule has 0 heterocycles. The van der Waals surface area contributed by atoms with Crippen molar-refractivity contribution in [2.45, 2.75) is 96.9 Å². The lowest BCUT2D eigenvalue weighted by Crippen LogP contribution is -2.50. The van der Waals surface area contributed by atoms with Gasteiger partial charge in [0.1, 0.15) is 6.04 Å². The van der Waals surface area contributed by atoms with Crippen LogP contribution in [0.15, 0.2) is 0 Å². The van der Waals surface area contributed by atoms with Crippen LogP contribution in [0, 0.1) is 0 Å². The third kappa shape index (κ3) is 21.1. The zero-order valence-electron chi connectivity index (χ0n) is 22.2. The Balaban J connectivity index is 4.50. The number of carbonyl (C=O) groups excluding carboxylic acids is 2. The van der Waals surface area contributed by atoms with Crippen LogP contribution in [0.5, 0.6) is 0 Å². The maximum absolute atomic E-state index is 13.2. The number of rotatable bonds is 23. The summed E-state index contributed by atoms with van der Waals surface area (Å²) in [5.41, 5.74) is 0. The molecule has 10 nitrogen and oxygen atoms in total. The van der Waals surface area contributed by atoms with Crippen molar-refractivity contribution in [2.75, 3.05) is 37.7 Å². The summed E-state index contributed by atoms with van der Waals surface area (Å²) < 4.78 is 0. The number of unbranched alkanes of at least 4 members (excludes halogenated alkanes) is 9. The highest BCUT2D eigenvalue weighted by atomic mass is 32.2. The molecule has 11 heteroatoms. The lowest BCUT2D eigenvalue weighted by Gasteiger charge is -2.28. The molecular weight excluding hydrogens is 484 g/mol. The van der Waals surface area contributed by atoms with Crippen LogP contribution in [0.3, 0.4) is 0 Å². The van der Waals surface area contributed by atoms with Crippen LogP contribution in [0.4, 0.5) is 9.59 Å². The Kier molecular flexibility index (Phi) is 21.8. The third-order valence-corrected chi connectivity index (χ3v) is 6.82. The molecule has 0 aromatic heterocycles. The van der Waals surface area contributed by atoms with Gasteiger partial charge in [-0.25, -0.2) is 9.59 Å². The van der Waals surface area contributed by atoms with Crippen molar-refractivity contribution < 1.29 is 29.4 Å². The first-order valence-corrected chi connectivity index (χ1v) is 14.5. The maximum atomic E-state index is 13.2. The van der Waals surface area contributed by atoms with Gasteiger partial charge in [-0.15, -0.1) is 0 Å². The van der Waals surface area contributed by atoms with Gasteiger partial charge in [0, 0.05) is 38.9 Å². The molecule has 1 atom stereocenters. The second-order valence-electron chi connectivity index (χ2n) is 9.01. The fraction of sp³-hybridized carbons (Fsp3) is 0.840. The molecule has 0 saturated heterocycles. The van der Waals surface area contributed by atoms with Gasteiger partial charge in [-0.05, 0) is 25.0 Å². The minimum atomic E-state index is -1.13. The van der Waals surface area contributed by atoms with E-state index in [0.29, 0.717) is 31.7 Å². The molecule has 0 fully saturated rings. The SMILES string of the molecule is CCCCCCCCCCCCSCC(NC(C)=O)C(=O)N(CCCNC(=O)O)CCCNC(=O)O. The van der Waals surface area contributed by atoms with Crippen molar-refractivity contribution in [3.05, 3.63) is 0 Å². The number of nitrogens with one attached hydrogen (secondary N) is 3. The van der Waals surface area contributed by atoms with Gasteiger partial charge in [0.05, 0.1) is 0 Å². The van der Waals surface area contributed by atoms with Crippen LogP contribution >= 0.6 is 11.8 Å². The van der Waals surface area contributed by atoms with Crippen LogP contribution in [-0.2, 0) is 9.59 Å². The zero-order chi connectivity index (χ0) is 27.0. The molecule has 0 aliphatic heterocycles. The van der Waals surface area contributed by atoms with E-state index >= 15 is 0 Å². The lowest BCUT2D eigenvalue weighted by molar-refractivity contribution is -0.135. The summed E-state index contributed by atoms with van der Waals surface area (Å²) in [7, 11) is 0. The van der Waals surface area contributed by atoms with Crippen molar-refractivity contribution in [1.82, 2.24) is 20.9 Å². The topological polar surface area (TPSA) is 148 Å². The summed E-state index contributed by atoms with van der Waals surface area (Å²) in [6, 6.07) is -0.671. The Hall–Kier alpha value is -2.17. The summed E-state index contributed by atoms with van der Waals surface area (Å²) >= 11 is 1.65. The van der Waals surface area contributed by atoms with Crippen molar-refractivity contribution in [3.63, 3.8) is 0 Å². The predicted molar refractivity (Wildman–Crippen MR) is 145 cm³/mol. The smallest absolute Gasteiger partial charge is 0.404 e. The molecular formula is C25H48N4O6S. The number of hydrogen-bond acceptors (Lipinski definition) is 5. The summed E-state index contributed by atoms with van der Waals surface area (Å²) in [5.74, 6) is 0.872. The van der Waals surface area contributed by atoms with Gasteiger partial charge in [0.25, 0.3) is 0 Å². The van der Waals surface area contributed by atoms with Gasteiger partial charge < -0.3 is 31.1 Å². The highest BCUT2D eigenvalue weighted by Crippen LogP contribution is 2.14. The van der Waals surface area contributed by atoms with Gasteiger partial charge >= 0.3 is 12.2 Å². The quantitative estimate of drug-likeness (QED) is 0.123. The maximum Gasteiger partial charge on any atom is 0.404 e. The molecule has 0 aromatic carbocycles. The average molecular weight is 533 g/mol. The minimum absolute atomic E-state index is 0.199. The van der Waals surface area contributed by atoms with Crippen molar-refractivity contribution >= 4 is 35.8 Å². The molecule has 4 amide bonds. The third-order valence-electron chi connectivity index (χ3n) is 5.68. The Bertz CT molecular complexity index is 601. The molecule has 210 valence electrons. The average Bonchev–Trinajstić information content (AvgIpc) is 2.82. The van der Waals surface area contributed by atoms with Crippen LogP contribution < -0.4 is 16.0 Å². The van der Waals surface area contributed by atoms with Crippen LogP contribution in [0.1, 0.15) is 90.9 Å². The number of carbonyl (C=O) groups is 4. The summed E-state index contributed by atoms with van der Waals surface area (Å²) in [4.78, 5) is 47.8. The number of nitrogens with zero attached hydrogens (tertiary/aromatic N) is 1. The van der Waals surface area contributed by atoms with E-state index in [1.165, 1.54) is 64.7 Å². The largest absolute Gasteiger partial charge is 0.465 e. The van der Waals surface area contributed by atoms with Crippen LogP contribution in [0.25, 0.3) is 0 Å². The second kappa shape index (κ2) is 23.2. The fourth-order valence-corrected chi connectivity index (χ4v) is 4.83. The van der Waals surface area contributed by atoms with E-state index in [0.717, 1.165) is 12.2 Å². The molecule has 0 aromatic rings. The lowest BCUT2D eigenvalue weighted by atomic mass is 10.1. The Morgan fingerprint density at radius 3 is 1.67 bits per heavy atom. The first-order chi connectivity index (χ1) is 17.3. The first-order valence-electron chi connectivity index (χ1n) is 13.3. The number of thioether (sulfide) groups is 1. The molecule has 0 saturated carbocycles. The van der Waals surface area contributed by atoms with Gasteiger partial charge in [-0.2, -0.15) is 11.8 Å². The van der Waals surface area contributed by atoms with Crippen LogP contribution in [0.2, 0.25) is 0 Å². The first kappa shape index (κ1) is 33.8. The molecule has 0 spiro atoms. The minimum Gasteiger partial charge on any atom is -0.465 e. The number of hydrogen-bond donors (Lipinski definition) is 5. The van der Waals surface area contributed by atoms with E-state index in [1.807, 2.05) is 0 Å². The van der Waals surface area contributed by atoms with Crippen molar-refractivity contribution in [3.8, 4) is 0 Å². The van der Waals surface area contributed by atoms with Crippen LogP contribution in [-0.4, -0.2) is 82.8 Å². The monoisotopic (exact) mass is 532 g/mol. The highest BCUT2D eigenvalue weighted by molar-refractivity contribution is 7.99. The molecule has 36 heavy (non-hydrogen) atoms. The number of carboxylic acid groups (broad SMARTS) is 2. The van der Waals surface area contributed by atoms with Gasteiger partial charge in [-0.3, -0.25) is 9.59 Å². The van der Waals surface area contributed by atoms with Crippen molar-refractivity contribution in [1.29, 1.82) is 0 Å². The van der Waals surface area contributed by atoms with Crippen molar-refractivity contribution in [2.24, 2.45) is 0 Å². The Morgan fingerprint density at radius 2 is 1.22 bits per heavy atom. The van der Waals surface area contributed by atoms with E-state index < -0.39 is 18.2 Å². The molecule has 5 N–H and O–H groups in total. The molecule has 0 rings (SSSR count). The fourth-order valence-electron chi connectivity index (χ4n) is 3.80. The van der Waals surface area contributed by atoms with E-state index in [-0.39, 0.29) is 24.9 Å². The van der Waals surface area contributed by atoms with Gasteiger partial charge in [-0.1, -0.05) is 64.7 Å². The summed E-state index contributed by atoms with van der Waals surface area (Å²) in [6.07, 6.45) is 11.2. The number of amides is 4. The molecule has 0 bridgehead atoms. The predicted octanol–water partition coefficient (Wildman–Crippen LogP) is 4.29. The van der Waals surface area contributed by atoms with E-state index in [9.17, 15) is 19.2 Å². The normalized spacial score (nSPS) is 11.5. The van der Waals surface area contributed by atoms with Gasteiger partial charge in [0.15, 0.2) is 0 Å². The van der Waals surface area contributed by atoms with E-state index in [1.54, 1.807) is 16.7 Å². The van der Waals surface area contributed by atoms with E-state index in [2.05, 4.69) is 22.9 Å². The Labute approximate surface area is 220 Å². The second-order valence-corrected chi connectivity index (χ2v) is 10.2. The molecule has 0 aliphatic carbocycles. The summed E-state index contributed by atoms with van der Waals surface area (Å²) in [6.45, 7) is 4.63. The van der Waals surface area contributed by atoms with E-state index in [4.69, 9.17) is 10.2 Å². The Morgan fingerprint density at radius 1 is 0.750 bits per heavy atom. The molecule has 0 aliphatic rings. The summed E-state index contributed by atoms with van der Waals surface area (Å²) in [5, 5.41) is 24.8. The van der Waals surface area contributed by atoms with Gasteiger partial charge in [0.2, 0.25) is 11.8 Å². The highest BCUT2D eigenvalue weighted by Gasteiger charge is 2.25. The standard InChI is InChI=1S/C25H48N4O6S/c1-3-4-5-6-7-8-9-10-11-12-19-36-20-22(28-21(2)30)23(31)29(17-13-15-26-24(32)33)18-14-16-27-25(34)35/h22,26-27H,3-20H2,1-2H3,(H,28,30)(H,32,33)(H,34,35). The zero-order valence-corrected chi connectivity index (χ0v) is 23.0. The molecule has 0 radical (unpaired) electrons.